The number of hydrogen-bond donors (Lipinski definition) is 3. The lowest BCUT2D eigenvalue weighted by Gasteiger charge is -2.09. The molecule has 0 saturated carbocycles. The van der Waals surface area contributed by atoms with Gasteiger partial charge >= 0.3 is 0 Å². The number of rotatable bonds is 5. The monoisotopic (exact) mass is 212 g/mol. The summed E-state index contributed by atoms with van der Waals surface area (Å²) in [6.45, 7) is 1.53. The van der Waals surface area contributed by atoms with E-state index in [1.807, 2.05) is 14.1 Å². The van der Waals surface area contributed by atoms with Crippen LogP contribution in [0.2, 0.25) is 0 Å². The summed E-state index contributed by atoms with van der Waals surface area (Å²) in [5, 5.41) is 12.2. The number of nitrogens with one attached hydrogen (secondary N) is 2. The average molecular weight is 212 g/mol. The molecule has 7 nitrogen and oxygen atoms in total. The Morgan fingerprint density at radius 1 is 1.53 bits per heavy atom. The molecule has 0 aliphatic rings. The van der Waals surface area contributed by atoms with Crippen molar-refractivity contribution >= 4 is 11.7 Å². The Bertz CT molecular complexity index is 321. The van der Waals surface area contributed by atoms with E-state index in [9.17, 15) is 4.79 Å². The third-order valence-electron chi connectivity index (χ3n) is 1.86. The summed E-state index contributed by atoms with van der Waals surface area (Å²) >= 11 is 0. The number of carbonyl (C=O) groups excluding carboxylic acids is 1. The molecule has 7 heteroatoms. The fourth-order valence-electron chi connectivity index (χ4n) is 1.09. The van der Waals surface area contributed by atoms with Crippen LogP contribution in [0.1, 0.15) is 16.9 Å². The smallest absolute Gasteiger partial charge is 0.275 e. The molecule has 0 saturated heterocycles. The van der Waals surface area contributed by atoms with E-state index in [4.69, 9.17) is 5.73 Å². The minimum Gasteiger partial charge on any atom is -0.380 e. The van der Waals surface area contributed by atoms with Gasteiger partial charge in [0.05, 0.1) is 0 Å². The molecule has 4 N–H and O–H groups in total. The quantitative estimate of drug-likeness (QED) is 0.547. The van der Waals surface area contributed by atoms with E-state index in [0.29, 0.717) is 6.54 Å². The van der Waals surface area contributed by atoms with Gasteiger partial charge in [0.25, 0.3) is 5.91 Å². The van der Waals surface area contributed by atoms with Gasteiger partial charge in [0.15, 0.2) is 11.5 Å². The molecule has 0 aromatic carbocycles. The minimum atomic E-state index is -0.292. The van der Waals surface area contributed by atoms with E-state index in [1.165, 1.54) is 0 Å². The molecule has 1 aromatic heterocycles. The van der Waals surface area contributed by atoms with Gasteiger partial charge in [0.1, 0.15) is 0 Å². The van der Waals surface area contributed by atoms with E-state index in [1.54, 1.807) is 0 Å². The topological polar surface area (TPSA) is 99.9 Å². The molecule has 1 aromatic rings. The first-order chi connectivity index (χ1) is 7.11. The van der Waals surface area contributed by atoms with E-state index < -0.39 is 0 Å². The van der Waals surface area contributed by atoms with Crippen molar-refractivity contribution in [2.75, 3.05) is 32.9 Å². The molecule has 0 radical (unpaired) electrons. The van der Waals surface area contributed by atoms with Crippen LogP contribution in [0.25, 0.3) is 0 Å². The first-order valence-electron chi connectivity index (χ1n) is 4.70. The molecule has 84 valence electrons. The highest BCUT2D eigenvalue weighted by molar-refractivity contribution is 5.96. The Morgan fingerprint density at radius 3 is 2.80 bits per heavy atom. The van der Waals surface area contributed by atoms with Gasteiger partial charge in [-0.2, -0.15) is 5.21 Å². The number of nitrogens with zero attached hydrogens (tertiary/aromatic N) is 3. The fraction of sp³-hybridized carbons (Fsp3) is 0.625. The van der Waals surface area contributed by atoms with Crippen LogP contribution in [0.5, 0.6) is 0 Å². The van der Waals surface area contributed by atoms with Crippen molar-refractivity contribution in [3.63, 3.8) is 0 Å². The van der Waals surface area contributed by atoms with Gasteiger partial charge in [-0.25, -0.2) is 0 Å². The second kappa shape index (κ2) is 5.30. The standard InChI is InChI=1S/C8H16N6O/c1-14(2)5-3-4-10-8(15)6-7(9)12-13-11-6/h3-5H2,1-2H3,(H,10,15)(H3,9,11,12,13). The lowest BCUT2D eigenvalue weighted by molar-refractivity contribution is 0.0948. The Labute approximate surface area is 88.0 Å². The van der Waals surface area contributed by atoms with Crippen LogP contribution < -0.4 is 11.1 Å². The molecular formula is C8H16N6O. The van der Waals surface area contributed by atoms with Crippen LogP contribution >= 0.6 is 0 Å². The van der Waals surface area contributed by atoms with Crippen molar-refractivity contribution in [1.29, 1.82) is 0 Å². The minimum absolute atomic E-state index is 0.125. The number of carbonyl (C=O) groups is 1. The van der Waals surface area contributed by atoms with Crippen molar-refractivity contribution in [3.05, 3.63) is 5.69 Å². The lowest BCUT2D eigenvalue weighted by atomic mass is 10.3. The predicted molar refractivity (Wildman–Crippen MR) is 56.3 cm³/mol. The van der Waals surface area contributed by atoms with Crippen molar-refractivity contribution in [2.45, 2.75) is 6.42 Å². The van der Waals surface area contributed by atoms with Crippen molar-refractivity contribution in [3.8, 4) is 0 Å². The maximum Gasteiger partial charge on any atom is 0.275 e. The van der Waals surface area contributed by atoms with E-state index in [2.05, 4.69) is 25.6 Å². The maximum atomic E-state index is 11.4. The molecule has 1 heterocycles. The predicted octanol–water partition coefficient (Wildman–Crippen LogP) is -0.932. The number of amides is 1. The number of anilines is 1. The van der Waals surface area contributed by atoms with E-state index in [0.717, 1.165) is 13.0 Å². The van der Waals surface area contributed by atoms with Gasteiger partial charge in [-0.3, -0.25) is 4.79 Å². The van der Waals surface area contributed by atoms with Crippen molar-refractivity contribution < 1.29 is 4.79 Å². The molecule has 1 rings (SSSR count). The summed E-state index contributed by atoms with van der Waals surface area (Å²) in [7, 11) is 3.97. The largest absolute Gasteiger partial charge is 0.380 e. The van der Waals surface area contributed by atoms with Gasteiger partial charge < -0.3 is 16.0 Å². The van der Waals surface area contributed by atoms with Gasteiger partial charge in [0.2, 0.25) is 0 Å². The summed E-state index contributed by atoms with van der Waals surface area (Å²) < 4.78 is 0. The molecule has 0 aliphatic heterocycles. The summed E-state index contributed by atoms with van der Waals surface area (Å²) in [5.41, 5.74) is 5.57. The van der Waals surface area contributed by atoms with Crippen LogP contribution in [0.3, 0.4) is 0 Å². The summed E-state index contributed by atoms with van der Waals surface area (Å²) in [6.07, 6.45) is 0.885. The molecule has 0 spiro atoms. The number of aromatic nitrogens is 3. The molecule has 0 bridgehead atoms. The molecule has 15 heavy (non-hydrogen) atoms. The zero-order chi connectivity index (χ0) is 11.3. The first-order valence-corrected chi connectivity index (χ1v) is 4.70. The molecule has 0 atom stereocenters. The van der Waals surface area contributed by atoms with Crippen LogP contribution in [0.4, 0.5) is 5.82 Å². The molecule has 1 amide bonds. The van der Waals surface area contributed by atoms with Crippen LogP contribution in [-0.4, -0.2) is 53.4 Å². The zero-order valence-electron chi connectivity index (χ0n) is 8.95. The number of hydrogen-bond acceptors (Lipinski definition) is 5. The Morgan fingerprint density at radius 2 is 2.27 bits per heavy atom. The Hall–Kier alpha value is -1.63. The number of nitrogen functional groups attached to an aromatic ring is 1. The Balaban J connectivity index is 2.28. The van der Waals surface area contributed by atoms with Gasteiger partial charge in [-0.1, -0.05) is 0 Å². The van der Waals surface area contributed by atoms with E-state index in [-0.39, 0.29) is 17.4 Å². The summed E-state index contributed by atoms with van der Waals surface area (Å²) in [6, 6.07) is 0. The van der Waals surface area contributed by atoms with Crippen molar-refractivity contribution in [2.24, 2.45) is 0 Å². The van der Waals surface area contributed by atoms with Gasteiger partial charge in [0, 0.05) is 6.54 Å². The second-order valence-corrected chi connectivity index (χ2v) is 3.47. The second-order valence-electron chi connectivity index (χ2n) is 3.47. The highest BCUT2D eigenvalue weighted by Gasteiger charge is 2.12. The van der Waals surface area contributed by atoms with Gasteiger partial charge in [-0.15, -0.1) is 10.2 Å². The van der Waals surface area contributed by atoms with Crippen LogP contribution in [0.15, 0.2) is 0 Å². The molecular weight excluding hydrogens is 196 g/mol. The highest BCUT2D eigenvalue weighted by Crippen LogP contribution is 2.00. The Kier molecular flexibility index (Phi) is 4.04. The fourth-order valence-corrected chi connectivity index (χ4v) is 1.09. The maximum absolute atomic E-state index is 11.4. The van der Waals surface area contributed by atoms with E-state index >= 15 is 0 Å². The van der Waals surface area contributed by atoms with Crippen LogP contribution in [0, 0.1) is 0 Å². The van der Waals surface area contributed by atoms with Crippen LogP contribution in [-0.2, 0) is 0 Å². The summed E-state index contributed by atoms with van der Waals surface area (Å²) in [4.78, 5) is 13.5. The summed E-state index contributed by atoms with van der Waals surface area (Å²) in [5.74, 6) is -0.167. The molecule has 0 fully saturated rings. The zero-order valence-corrected chi connectivity index (χ0v) is 8.95. The third kappa shape index (κ3) is 3.55. The number of nitrogens with two attached hydrogens (primary N) is 1. The first kappa shape index (κ1) is 11.4. The SMILES string of the molecule is CN(C)CCCNC(=O)c1n[nH]nc1N. The molecule has 0 aliphatic carbocycles. The average Bonchev–Trinajstić information content (AvgIpc) is 2.58. The third-order valence-corrected chi connectivity index (χ3v) is 1.86. The number of aromatic amines is 1. The number of H-pyrrole nitrogens is 1. The molecule has 0 unspecified atom stereocenters. The normalized spacial score (nSPS) is 10.6. The lowest BCUT2D eigenvalue weighted by Crippen LogP contribution is -2.28. The highest BCUT2D eigenvalue weighted by atomic mass is 16.2. The van der Waals surface area contributed by atoms with Crippen molar-refractivity contribution in [1.82, 2.24) is 25.6 Å². The van der Waals surface area contributed by atoms with Gasteiger partial charge in [-0.05, 0) is 27.1 Å².